The third-order valence-corrected chi connectivity index (χ3v) is 23.3. The van der Waals surface area contributed by atoms with Crippen molar-refractivity contribution in [3.63, 3.8) is 0 Å². The van der Waals surface area contributed by atoms with Crippen molar-refractivity contribution in [2.75, 3.05) is 87.4 Å². The van der Waals surface area contributed by atoms with Gasteiger partial charge in [-0.25, -0.2) is 0 Å². The van der Waals surface area contributed by atoms with Crippen LogP contribution in [0.1, 0.15) is 184 Å². The fraction of sp³-hybridized carbons (Fsp3) is 0.855. The molecule has 0 spiro atoms. The first-order valence-electron chi connectivity index (χ1n) is 35.2. The quantitative estimate of drug-likeness (QED) is 0.138. The van der Waals surface area contributed by atoms with Gasteiger partial charge in [0, 0.05) is 119 Å². The molecule has 11 saturated heterocycles. The van der Waals surface area contributed by atoms with E-state index in [0.717, 1.165) is 120 Å². The Hall–Kier alpha value is 0.720. The van der Waals surface area contributed by atoms with Gasteiger partial charge < -0.3 is 86.3 Å². The molecule has 11 aliphatic heterocycles. The highest BCUT2D eigenvalue weighted by Gasteiger charge is 2.35. The van der Waals surface area contributed by atoms with E-state index in [1.165, 1.54) is 137 Å². The zero-order chi connectivity index (χ0) is 66.5. The van der Waals surface area contributed by atoms with Gasteiger partial charge in [-0.2, -0.15) is 118 Å². The number of thioether (sulfide) groups is 4. The van der Waals surface area contributed by atoms with Gasteiger partial charge in [0.05, 0.1) is 111 Å². The molecular formula is C69H146N10O7S4. The number of nitrogens with two attached hydrogens (primary N) is 10. The van der Waals surface area contributed by atoms with Gasteiger partial charge in [0.2, 0.25) is 0 Å². The molecule has 11 fully saturated rings. The molecular weight excluding hydrogens is 1210 g/mol. The average molecular weight is 1360 g/mol. The van der Waals surface area contributed by atoms with Crippen molar-refractivity contribution < 1.29 is 86.3 Å². The fourth-order valence-corrected chi connectivity index (χ4v) is 17.0. The molecule has 11 heterocycles. The van der Waals surface area contributed by atoms with Gasteiger partial charge in [-0.05, 0) is 95.5 Å². The highest BCUT2D eigenvalue weighted by Crippen LogP contribution is 2.34. The van der Waals surface area contributed by atoms with Crippen molar-refractivity contribution in [1.29, 1.82) is 0 Å². The van der Waals surface area contributed by atoms with Crippen LogP contribution in [0.5, 0.6) is 0 Å². The lowest BCUT2D eigenvalue weighted by molar-refractivity contribution is -0.649. The second-order valence-electron chi connectivity index (χ2n) is 27.8. The van der Waals surface area contributed by atoms with Gasteiger partial charge in [0.1, 0.15) is 19.3 Å². The van der Waals surface area contributed by atoms with Crippen LogP contribution in [0.3, 0.4) is 0 Å². The Balaban J connectivity index is 0.000000341. The monoisotopic (exact) mass is 1360 g/mol. The standard InChI is InChI=1S/C8H15NO.C8H17NO.C8H17NS.C7H15NO2.C7H15NO.C7H15NS.2C6H13NO.2C6H13NS/c1-9-6-4-7-2-3-8(5-6)10-7;2*1-8(2)6-7(9-3)4-5-10-8;1-7(2)9-4-6(8-3)5-10-7;2*1-6-5-7(8-2)3-4-9-6;1-7-6-2-4-8-5-3-6;1-7-6-3-2-4-8-5-6;1-7-6-2-4-8-5-3-6;1-7-6-3-2-4-8-5-6/h6-8H,1-5,9H2;2*7H,3-6,9H2,1-2H3;6H,3-5,8H2,1-2H3;2*6-7H,2-5,8H2,1H3;4*6H,1-5,7H2. The minimum Gasteiger partial charge on any atom is -0.476 e. The van der Waals surface area contributed by atoms with E-state index < -0.39 is 0 Å². The number of fused-ring (bicyclic) bond motifs is 2. The molecule has 10 unspecified atom stereocenters. The number of hydrogen-bond donors (Lipinski definition) is 10. The van der Waals surface area contributed by atoms with Gasteiger partial charge in [0.15, 0.2) is 5.79 Å². The Bertz CT molecular complexity index is 1490. The lowest BCUT2D eigenvalue weighted by Crippen LogP contribution is -2.87. The Labute approximate surface area is 571 Å². The molecule has 0 radical (unpaired) electrons. The van der Waals surface area contributed by atoms with Crippen molar-refractivity contribution >= 4 is 47.0 Å². The van der Waals surface area contributed by atoms with E-state index in [2.05, 4.69) is 186 Å². The number of hydrogen-bond acceptors (Lipinski definition) is 11. The molecule has 11 aliphatic rings. The molecule has 17 nitrogen and oxygen atoms in total. The Morgan fingerprint density at radius 2 is 0.889 bits per heavy atom. The van der Waals surface area contributed by atoms with Crippen LogP contribution in [0.4, 0.5) is 0 Å². The molecule has 0 amide bonds. The number of quaternary nitrogens is 10. The predicted molar refractivity (Wildman–Crippen MR) is 378 cm³/mol. The van der Waals surface area contributed by atoms with E-state index in [1.807, 2.05) is 40.4 Å². The van der Waals surface area contributed by atoms with E-state index >= 15 is 0 Å². The summed E-state index contributed by atoms with van der Waals surface area (Å²) in [6, 6.07) is 7.06. The summed E-state index contributed by atoms with van der Waals surface area (Å²) in [5, 5.41) is 21.3. The fourth-order valence-electron chi connectivity index (χ4n) is 12.2. The zero-order valence-corrected chi connectivity index (χ0v) is 62.2. The molecule has 0 aliphatic carbocycles. The van der Waals surface area contributed by atoms with Crippen LogP contribution < -0.4 is 53.2 Å². The molecule has 0 aromatic carbocycles. The lowest BCUT2D eigenvalue weighted by Gasteiger charge is -2.34. The van der Waals surface area contributed by atoms with Gasteiger partial charge in [-0.3, -0.25) is 0 Å². The maximum atomic E-state index is 5.68. The topological polar surface area (TPSA) is 231 Å². The Kier molecular flexibility index (Phi) is 50.9. The van der Waals surface area contributed by atoms with Crippen LogP contribution in [0.2, 0.25) is 0 Å². The van der Waals surface area contributed by atoms with Crippen LogP contribution in [-0.4, -0.2) is 187 Å². The van der Waals surface area contributed by atoms with E-state index in [0.29, 0.717) is 47.2 Å². The first kappa shape index (κ1) is 86.8. The molecule has 538 valence electrons. The average Bonchev–Trinajstić information content (AvgIpc) is 4.17. The minimum atomic E-state index is -0.389. The maximum Gasteiger partial charge on any atom is 0.163 e. The summed E-state index contributed by atoms with van der Waals surface area (Å²) >= 11 is 8.30. The van der Waals surface area contributed by atoms with Gasteiger partial charge in [0.25, 0.3) is 0 Å². The predicted octanol–water partition coefficient (Wildman–Crippen LogP) is 0.908. The summed E-state index contributed by atoms with van der Waals surface area (Å²) in [6.45, 7) is 24.2. The van der Waals surface area contributed by atoms with Crippen LogP contribution in [0, 0.1) is 70.5 Å². The third kappa shape index (κ3) is 43.2. The molecule has 90 heavy (non-hydrogen) atoms. The highest BCUT2D eigenvalue weighted by atomic mass is 32.2. The number of ether oxygens (including phenoxy) is 7. The van der Waals surface area contributed by atoms with Crippen molar-refractivity contribution in [2.24, 2.45) is 0 Å². The largest absolute Gasteiger partial charge is 0.476 e. The third-order valence-electron chi connectivity index (χ3n) is 18.4. The SMILES string of the molecule is [CH2-][NH2+]C1CC2CCC(C1)O2.[CH2-][NH2+]C1CCCOC1.[CH2-][NH2+]C1CCCSC1.[CH2-][NH2+]C1CCOC(C)(C)C1.[CH2-][NH2+]C1CCOC(C)C1.[CH2-][NH2+]C1CCOCC1.[CH2-][NH2+]C1CCSC(C)(C)C1.[CH2-][NH2+]C1CCSC(C)C1.[CH2-][NH2+]C1CCSCC1.[CH2-][NH2+]C1COC(C)(C)OC1. The first-order valence-corrected chi connectivity index (χ1v) is 39.5. The smallest absolute Gasteiger partial charge is 0.163 e. The lowest BCUT2D eigenvalue weighted by atomic mass is 9.94. The maximum absolute atomic E-state index is 5.68. The first-order chi connectivity index (χ1) is 43.2. The van der Waals surface area contributed by atoms with E-state index in [1.54, 1.807) is 0 Å². The van der Waals surface area contributed by atoms with Crippen LogP contribution in [0.25, 0.3) is 0 Å². The summed E-state index contributed by atoms with van der Waals surface area (Å²) in [5.74, 6) is 7.61. The van der Waals surface area contributed by atoms with Crippen molar-refractivity contribution in [1.82, 2.24) is 0 Å². The van der Waals surface area contributed by atoms with Crippen LogP contribution in [0.15, 0.2) is 0 Å². The summed E-state index contributed by atoms with van der Waals surface area (Å²) in [7, 11) is 37.7. The van der Waals surface area contributed by atoms with Gasteiger partial charge in [-0.1, -0.05) is 20.8 Å². The second kappa shape index (κ2) is 52.7. The molecule has 0 aromatic heterocycles. The van der Waals surface area contributed by atoms with Crippen LogP contribution >= 0.6 is 47.0 Å². The van der Waals surface area contributed by atoms with Crippen molar-refractivity contribution in [3.8, 4) is 0 Å². The summed E-state index contributed by atoms with van der Waals surface area (Å²) < 4.78 is 38.2. The summed E-state index contributed by atoms with van der Waals surface area (Å²) in [5.41, 5.74) is 0.0805. The molecule has 0 aromatic rings. The molecule has 2 bridgehead atoms. The molecule has 0 saturated carbocycles. The number of rotatable bonds is 10. The molecule has 10 atom stereocenters. The Morgan fingerprint density at radius 1 is 0.378 bits per heavy atom. The Morgan fingerprint density at radius 3 is 1.30 bits per heavy atom. The van der Waals surface area contributed by atoms with Crippen molar-refractivity contribution in [2.45, 2.75) is 284 Å². The van der Waals surface area contributed by atoms with Gasteiger partial charge in [-0.15, -0.1) is 0 Å². The molecule has 11 rings (SSSR count). The van der Waals surface area contributed by atoms with E-state index in [9.17, 15) is 0 Å². The zero-order valence-electron chi connectivity index (χ0n) is 59.0. The second-order valence-corrected chi connectivity index (χ2v) is 33.6. The summed E-state index contributed by atoms with van der Waals surface area (Å²) in [4.78, 5) is 0. The minimum absolute atomic E-state index is 0.0805. The van der Waals surface area contributed by atoms with E-state index in [4.69, 9.17) is 33.2 Å². The summed E-state index contributed by atoms with van der Waals surface area (Å²) in [6.07, 6.45) is 26.8. The van der Waals surface area contributed by atoms with Crippen LogP contribution in [-0.2, 0) is 33.2 Å². The van der Waals surface area contributed by atoms with Gasteiger partial charge >= 0.3 is 0 Å². The van der Waals surface area contributed by atoms with E-state index in [-0.39, 0.29) is 11.4 Å². The van der Waals surface area contributed by atoms with Crippen molar-refractivity contribution in [3.05, 3.63) is 70.5 Å². The molecule has 20 N–H and O–H groups in total. The molecule has 21 heteroatoms. The normalized spacial score (nSPS) is 32.1. The highest BCUT2D eigenvalue weighted by molar-refractivity contribution is 8.00.